The fraction of sp³-hybridized carbons (Fsp3) is 0.308. The number of halogens is 2. The van der Waals surface area contributed by atoms with E-state index in [2.05, 4.69) is 45.4 Å². The fourth-order valence-electron chi connectivity index (χ4n) is 1.76. The summed E-state index contributed by atoms with van der Waals surface area (Å²) < 4.78 is 0. The van der Waals surface area contributed by atoms with Crippen LogP contribution < -0.4 is 0 Å². The Morgan fingerprint density at radius 1 is 1.06 bits per heavy atom. The molecule has 0 aliphatic heterocycles. The van der Waals surface area contributed by atoms with Crippen LogP contribution in [0.3, 0.4) is 0 Å². The van der Waals surface area contributed by atoms with Crippen molar-refractivity contribution in [2.75, 3.05) is 0 Å². The van der Waals surface area contributed by atoms with Gasteiger partial charge in [0.15, 0.2) is 0 Å². The van der Waals surface area contributed by atoms with Crippen LogP contribution in [0.2, 0.25) is 0 Å². The van der Waals surface area contributed by atoms with Gasteiger partial charge in [-0.25, -0.2) is 0 Å². The van der Waals surface area contributed by atoms with Gasteiger partial charge in [-0.05, 0) is 42.5 Å². The molecule has 3 heteroatoms. The molecule has 16 heavy (non-hydrogen) atoms. The van der Waals surface area contributed by atoms with Crippen molar-refractivity contribution in [1.82, 2.24) is 0 Å². The van der Waals surface area contributed by atoms with E-state index >= 15 is 0 Å². The summed E-state index contributed by atoms with van der Waals surface area (Å²) in [6.07, 6.45) is 5.72. The molecular formula is C13H15Cl2Zr. The summed E-state index contributed by atoms with van der Waals surface area (Å²) >= 11 is -0.826. The summed E-state index contributed by atoms with van der Waals surface area (Å²) in [5.41, 5.74) is 7.00. The average molecular weight is 333 g/mol. The molecule has 0 spiro atoms. The molecule has 0 saturated heterocycles. The van der Waals surface area contributed by atoms with Gasteiger partial charge in [-0.3, -0.25) is 0 Å². The van der Waals surface area contributed by atoms with Crippen molar-refractivity contribution in [3.8, 4) is 0 Å². The molecule has 1 aliphatic carbocycles. The quantitative estimate of drug-likeness (QED) is 0.675. The topological polar surface area (TPSA) is 0 Å². The Labute approximate surface area is 117 Å². The van der Waals surface area contributed by atoms with E-state index in [1.807, 2.05) is 0 Å². The number of rotatable bonds is 1. The zero-order valence-electron chi connectivity index (χ0n) is 9.77. The average Bonchev–Trinajstić information content (AvgIpc) is 2.62. The summed E-state index contributed by atoms with van der Waals surface area (Å²) in [6, 6.07) is 4.56. The molecule has 1 aromatic rings. The number of aryl methyl sites for hydroxylation is 2. The van der Waals surface area contributed by atoms with Gasteiger partial charge in [0.1, 0.15) is 0 Å². The summed E-state index contributed by atoms with van der Waals surface area (Å²) in [6.45, 7) is 6.55. The van der Waals surface area contributed by atoms with E-state index in [4.69, 9.17) is 17.0 Å². The Kier molecular flexibility index (Phi) is 6.33. The fourth-order valence-corrected chi connectivity index (χ4v) is 1.76. The van der Waals surface area contributed by atoms with E-state index in [9.17, 15) is 0 Å². The third kappa shape index (κ3) is 3.72. The third-order valence-electron chi connectivity index (χ3n) is 2.79. The summed E-state index contributed by atoms with van der Waals surface area (Å²) in [4.78, 5) is 0. The summed E-state index contributed by atoms with van der Waals surface area (Å²) in [5.74, 6) is 0. The van der Waals surface area contributed by atoms with Gasteiger partial charge in [-0.2, -0.15) is 0 Å². The third-order valence-corrected chi connectivity index (χ3v) is 2.79. The van der Waals surface area contributed by atoms with Crippen LogP contribution in [0.5, 0.6) is 0 Å². The number of fused-ring (bicyclic) bond motifs is 1. The van der Waals surface area contributed by atoms with Gasteiger partial charge in [-0.1, -0.05) is 30.7 Å². The van der Waals surface area contributed by atoms with Gasteiger partial charge >= 0.3 is 37.9 Å². The normalized spacial score (nSPS) is 12.4. The van der Waals surface area contributed by atoms with Crippen LogP contribution in [0.25, 0.3) is 6.08 Å². The van der Waals surface area contributed by atoms with Gasteiger partial charge in [-0.15, -0.1) is 0 Å². The first kappa shape index (κ1) is 14.5. The Bertz CT molecular complexity index is 397. The molecule has 0 amide bonds. The predicted molar refractivity (Wildman–Crippen MR) is 69.3 cm³/mol. The van der Waals surface area contributed by atoms with E-state index in [-0.39, 0.29) is 0 Å². The molecule has 85 valence electrons. The molecule has 0 heterocycles. The predicted octanol–water partition coefficient (Wildman–Crippen LogP) is 5.04. The molecule has 0 saturated carbocycles. The molecule has 0 aromatic heterocycles. The van der Waals surface area contributed by atoms with Crippen LogP contribution in [0.15, 0.2) is 17.7 Å². The first-order chi connectivity index (χ1) is 7.62. The second kappa shape index (κ2) is 6.99. The van der Waals surface area contributed by atoms with E-state index < -0.39 is 20.8 Å². The van der Waals surface area contributed by atoms with Crippen LogP contribution >= 0.6 is 17.0 Å². The van der Waals surface area contributed by atoms with Gasteiger partial charge in [0, 0.05) is 6.42 Å². The van der Waals surface area contributed by atoms with Crippen molar-refractivity contribution < 1.29 is 20.8 Å². The standard InChI is InChI=1S/C13H15.2ClH.Zr/c1-4-11-7-12-5-9(2)10(3)6-13(12)8-11;;;/h5-8H,4H2,1-3H3;2*1H;/q;;;+2/p-2. The number of allylic oxidation sites excluding steroid dienone is 1. The molecular weight excluding hydrogens is 318 g/mol. The molecule has 0 atom stereocenters. The maximum absolute atomic E-state index is 4.93. The van der Waals surface area contributed by atoms with E-state index in [1.165, 1.54) is 27.8 Å². The van der Waals surface area contributed by atoms with Crippen molar-refractivity contribution in [2.45, 2.75) is 27.2 Å². The minimum absolute atomic E-state index is 0.826. The maximum atomic E-state index is 4.93. The zero-order chi connectivity index (χ0) is 12.1. The van der Waals surface area contributed by atoms with Crippen molar-refractivity contribution in [3.05, 3.63) is 46.4 Å². The molecule has 2 rings (SSSR count). The molecule has 0 unspecified atom stereocenters. The first-order valence-corrected chi connectivity index (χ1v) is 11.6. The number of hydrogen-bond acceptors (Lipinski definition) is 0. The Morgan fingerprint density at radius 3 is 2.06 bits per heavy atom. The van der Waals surface area contributed by atoms with Crippen molar-refractivity contribution in [2.24, 2.45) is 0 Å². The molecule has 0 bridgehead atoms. The van der Waals surface area contributed by atoms with Gasteiger partial charge in [0.2, 0.25) is 0 Å². The van der Waals surface area contributed by atoms with Crippen LogP contribution in [0, 0.1) is 20.3 Å². The van der Waals surface area contributed by atoms with Gasteiger partial charge in [0.25, 0.3) is 0 Å². The molecule has 1 aromatic carbocycles. The van der Waals surface area contributed by atoms with Crippen LogP contribution in [-0.4, -0.2) is 0 Å². The molecule has 0 nitrogen and oxygen atoms in total. The molecule has 1 aliphatic rings. The van der Waals surface area contributed by atoms with E-state index in [0.717, 1.165) is 6.42 Å². The summed E-state index contributed by atoms with van der Waals surface area (Å²) in [5, 5.41) is 0. The number of benzene rings is 1. The number of hydrogen-bond donors (Lipinski definition) is 0. The van der Waals surface area contributed by atoms with E-state index in [0.29, 0.717) is 0 Å². The van der Waals surface area contributed by atoms with Crippen LogP contribution in [0.1, 0.15) is 35.6 Å². The Morgan fingerprint density at radius 2 is 1.56 bits per heavy atom. The van der Waals surface area contributed by atoms with Gasteiger partial charge in [0.05, 0.1) is 0 Å². The minimum atomic E-state index is -0.826. The Hall–Kier alpha value is 0.423. The molecule has 0 fully saturated rings. The second-order valence-corrected chi connectivity index (χ2v) is 7.59. The van der Waals surface area contributed by atoms with Gasteiger partial charge < -0.3 is 0 Å². The van der Waals surface area contributed by atoms with Crippen molar-refractivity contribution in [3.63, 3.8) is 0 Å². The van der Waals surface area contributed by atoms with E-state index in [1.54, 1.807) is 0 Å². The molecule has 0 N–H and O–H groups in total. The molecule has 1 radical (unpaired) electrons. The van der Waals surface area contributed by atoms with Crippen LogP contribution in [0.4, 0.5) is 0 Å². The summed E-state index contributed by atoms with van der Waals surface area (Å²) in [7, 11) is 9.87. The van der Waals surface area contributed by atoms with Crippen LogP contribution in [-0.2, 0) is 20.8 Å². The second-order valence-electron chi connectivity index (χ2n) is 3.85. The van der Waals surface area contributed by atoms with Crippen molar-refractivity contribution >= 4 is 23.1 Å². The monoisotopic (exact) mass is 331 g/mol. The van der Waals surface area contributed by atoms with Crippen molar-refractivity contribution in [1.29, 1.82) is 0 Å². The first-order valence-electron chi connectivity index (χ1n) is 5.25. The SMILES string of the molecule is CCC1=Cc2cc(C)c(C)cc2[CH]1.[Cl][Zr][Cl]. The Balaban J connectivity index is 0.000000386. The zero-order valence-corrected chi connectivity index (χ0v) is 13.7.